The molecule has 2 aromatic carbocycles. The molecule has 7 heteroatoms. The lowest BCUT2D eigenvalue weighted by molar-refractivity contribution is 0.0464. The van der Waals surface area contributed by atoms with Crippen LogP contribution < -0.4 is 9.47 Å². The number of halogens is 1. The number of carbonyl (C=O) groups is 1. The second-order valence-corrected chi connectivity index (χ2v) is 6.15. The van der Waals surface area contributed by atoms with Crippen LogP contribution in [0.15, 0.2) is 47.8 Å². The molecule has 0 atom stereocenters. The van der Waals surface area contributed by atoms with Crippen molar-refractivity contribution in [3.05, 3.63) is 64.9 Å². The van der Waals surface area contributed by atoms with Crippen molar-refractivity contribution in [2.75, 3.05) is 14.2 Å². The molecule has 0 aliphatic carbocycles. The van der Waals surface area contributed by atoms with Crippen molar-refractivity contribution in [1.82, 2.24) is 4.98 Å². The molecule has 5 nitrogen and oxygen atoms in total. The van der Waals surface area contributed by atoms with Gasteiger partial charge in [0.1, 0.15) is 34.5 Å². The van der Waals surface area contributed by atoms with E-state index < -0.39 is 5.97 Å². The van der Waals surface area contributed by atoms with Gasteiger partial charge in [0.05, 0.1) is 19.9 Å². The zero-order valence-electron chi connectivity index (χ0n) is 14.2. The van der Waals surface area contributed by atoms with E-state index in [1.807, 2.05) is 0 Å². The highest BCUT2D eigenvalue weighted by atomic mass is 32.1. The molecule has 0 saturated carbocycles. The molecule has 0 aliphatic rings. The van der Waals surface area contributed by atoms with Gasteiger partial charge >= 0.3 is 5.97 Å². The first-order chi connectivity index (χ1) is 12.6. The summed E-state index contributed by atoms with van der Waals surface area (Å²) in [6.45, 7) is 0.0247. The van der Waals surface area contributed by atoms with Crippen molar-refractivity contribution < 1.29 is 23.4 Å². The number of esters is 1. The van der Waals surface area contributed by atoms with E-state index in [-0.39, 0.29) is 18.0 Å². The van der Waals surface area contributed by atoms with E-state index >= 15 is 0 Å². The first-order valence-corrected chi connectivity index (χ1v) is 8.58. The van der Waals surface area contributed by atoms with Crippen LogP contribution in [-0.4, -0.2) is 25.2 Å². The number of ether oxygens (including phenoxy) is 3. The van der Waals surface area contributed by atoms with Crippen molar-refractivity contribution in [3.8, 4) is 22.1 Å². The Kier molecular flexibility index (Phi) is 5.48. The van der Waals surface area contributed by atoms with Crippen LogP contribution >= 0.6 is 11.3 Å². The highest BCUT2D eigenvalue weighted by Crippen LogP contribution is 2.26. The molecule has 0 spiro atoms. The third-order valence-corrected chi connectivity index (χ3v) is 4.56. The fourth-order valence-corrected chi connectivity index (χ4v) is 3.10. The zero-order valence-corrected chi connectivity index (χ0v) is 15.0. The van der Waals surface area contributed by atoms with Gasteiger partial charge in [0.25, 0.3) is 0 Å². The molecule has 0 aliphatic heterocycles. The molecule has 1 heterocycles. The largest absolute Gasteiger partial charge is 0.497 e. The monoisotopic (exact) mass is 373 g/mol. The first-order valence-electron chi connectivity index (χ1n) is 7.70. The number of benzene rings is 2. The van der Waals surface area contributed by atoms with Crippen LogP contribution in [0.4, 0.5) is 4.39 Å². The van der Waals surface area contributed by atoms with E-state index in [9.17, 15) is 9.18 Å². The fraction of sp³-hybridized carbons (Fsp3) is 0.158. The zero-order chi connectivity index (χ0) is 18.5. The molecule has 0 N–H and O–H groups in total. The average molecular weight is 373 g/mol. The Morgan fingerprint density at radius 3 is 2.58 bits per heavy atom. The summed E-state index contributed by atoms with van der Waals surface area (Å²) in [5.41, 5.74) is 1.70. The molecular formula is C19H16FNO4S. The smallest absolute Gasteiger partial charge is 0.342 e. The lowest BCUT2D eigenvalue weighted by Crippen LogP contribution is -2.07. The lowest BCUT2D eigenvalue weighted by Gasteiger charge is -2.09. The molecule has 134 valence electrons. The number of rotatable bonds is 6. The molecule has 0 fully saturated rings. The topological polar surface area (TPSA) is 57.7 Å². The molecular weight excluding hydrogens is 357 g/mol. The first kappa shape index (κ1) is 17.9. The van der Waals surface area contributed by atoms with Crippen molar-refractivity contribution in [2.45, 2.75) is 6.61 Å². The van der Waals surface area contributed by atoms with Crippen LogP contribution in [0.3, 0.4) is 0 Å². The number of hydrogen-bond acceptors (Lipinski definition) is 6. The number of hydrogen-bond donors (Lipinski definition) is 0. The summed E-state index contributed by atoms with van der Waals surface area (Å²) in [4.78, 5) is 16.8. The Morgan fingerprint density at radius 1 is 1.12 bits per heavy atom. The summed E-state index contributed by atoms with van der Waals surface area (Å²) in [5, 5.41) is 2.53. The molecule has 1 aromatic heterocycles. The molecule has 0 unspecified atom stereocenters. The maximum absolute atomic E-state index is 13.0. The maximum atomic E-state index is 13.0. The van der Waals surface area contributed by atoms with E-state index in [1.165, 1.54) is 37.7 Å². The van der Waals surface area contributed by atoms with Gasteiger partial charge in [0, 0.05) is 10.9 Å². The number of thiazole rings is 1. The van der Waals surface area contributed by atoms with Crippen LogP contribution in [0.1, 0.15) is 16.1 Å². The quantitative estimate of drug-likeness (QED) is 0.602. The Bertz CT molecular complexity index is 908. The van der Waals surface area contributed by atoms with E-state index in [0.717, 1.165) is 10.6 Å². The van der Waals surface area contributed by atoms with Gasteiger partial charge in [-0.15, -0.1) is 11.3 Å². The van der Waals surface area contributed by atoms with Crippen molar-refractivity contribution in [2.24, 2.45) is 0 Å². The minimum Gasteiger partial charge on any atom is -0.497 e. The third-order valence-electron chi connectivity index (χ3n) is 3.62. The second kappa shape index (κ2) is 7.97. The Labute approximate surface area is 154 Å². The van der Waals surface area contributed by atoms with Gasteiger partial charge in [0.15, 0.2) is 0 Å². The predicted molar refractivity (Wildman–Crippen MR) is 96.2 cm³/mol. The van der Waals surface area contributed by atoms with Gasteiger partial charge in [-0.05, 0) is 42.5 Å². The highest BCUT2D eigenvalue weighted by molar-refractivity contribution is 7.13. The standard InChI is InChI=1S/C19H16FNO4S/c1-23-15-7-8-17(24-2)16(9-15)19(22)25-10-14-11-26-18(21-14)12-3-5-13(20)6-4-12/h3-9,11H,10H2,1-2H3. The van der Waals surface area contributed by atoms with E-state index in [2.05, 4.69) is 4.98 Å². The van der Waals surface area contributed by atoms with Gasteiger partial charge in [-0.2, -0.15) is 0 Å². The lowest BCUT2D eigenvalue weighted by atomic mass is 10.2. The Hall–Kier alpha value is -2.93. The minimum atomic E-state index is -0.530. The average Bonchev–Trinajstić information content (AvgIpc) is 3.15. The van der Waals surface area contributed by atoms with Crippen LogP contribution in [-0.2, 0) is 11.3 Å². The van der Waals surface area contributed by atoms with Gasteiger partial charge in [-0.3, -0.25) is 0 Å². The molecule has 26 heavy (non-hydrogen) atoms. The van der Waals surface area contributed by atoms with Crippen LogP contribution in [0.2, 0.25) is 0 Å². The molecule has 0 bridgehead atoms. The van der Waals surface area contributed by atoms with Crippen molar-refractivity contribution in [3.63, 3.8) is 0 Å². The maximum Gasteiger partial charge on any atom is 0.342 e. The number of aromatic nitrogens is 1. The summed E-state index contributed by atoms with van der Waals surface area (Å²) in [6.07, 6.45) is 0. The SMILES string of the molecule is COc1ccc(OC)c(C(=O)OCc2csc(-c3ccc(F)cc3)n2)c1. The van der Waals surface area contributed by atoms with Crippen LogP contribution in [0.25, 0.3) is 10.6 Å². The molecule has 0 saturated heterocycles. The summed E-state index contributed by atoms with van der Waals surface area (Å²) in [6, 6.07) is 11.0. The normalized spacial score (nSPS) is 10.4. The van der Waals surface area contributed by atoms with Gasteiger partial charge in [0.2, 0.25) is 0 Å². The number of carbonyl (C=O) groups excluding carboxylic acids is 1. The minimum absolute atomic E-state index is 0.0247. The predicted octanol–water partition coefficient (Wildman–Crippen LogP) is 4.32. The molecule has 3 rings (SSSR count). The van der Waals surface area contributed by atoms with Gasteiger partial charge in [-0.25, -0.2) is 14.2 Å². The second-order valence-electron chi connectivity index (χ2n) is 5.29. The van der Waals surface area contributed by atoms with Crippen LogP contribution in [0.5, 0.6) is 11.5 Å². The number of methoxy groups -OCH3 is 2. The fourth-order valence-electron chi connectivity index (χ4n) is 2.29. The van der Waals surface area contributed by atoms with Crippen molar-refractivity contribution in [1.29, 1.82) is 0 Å². The summed E-state index contributed by atoms with van der Waals surface area (Å²) in [7, 11) is 3.00. The third kappa shape index (κ3) is 4.00. The highest BCUT2D eigenvalue weighted by Gasteiger charge is 2.16. The summed E-state index contributed by atoms with van der Waals surface area (Å²) >= 11 is 1.40. The van der Waals surface area contributed by atoms with Gasteiger partial charge in [-0.1, -0.05) is 0 Å². The van der Waals surface area contributed by atoms with E-state index in [0.29, 0.717) is 17.2 Å². The van der Waals surface area contributed by atoms with Crippen LogP contribution in [0, 0.1) is 5.82 Å². The Balaban J connectivity index is 1.70. The van der Waals surface area contributed by atoms with E-state index in [4.69, 9.17) is 14.2 Å². The van der Waals surface area contributed by atoms with Gasteiger partial charge < -0.3 is 14.2 Å². The Morgan fingerprint density at radius 2 is 1.88 bits per heavy atom. The van der Waals surface area contributed by atoms with Crippen molar-refractivity contribution >= 4 is 17.3 Å². The number of nitrogens with zero attached hydrogens (tertiary/aromatic N) is 1. The molecule has 3 aromatic rings. The summed E-state index contributed by atoms with van der Waals surface area (Å²) in [5.74, 6) is 0.106. The molecule has 0 amide bonds. The summed E-state index contributed by atoms with van der Waals surface area (Å²) < 4.78 is 28.7. The van der Waals surface area contributed by atoms with E-state index in [1.54, 1.807) is 35.7 Å². The molecule has 0 radical (unpaired) electrons.